The van der Waals surface area contributed by atoms with Gasteiger partial charge in [0.05, 0.1) is 6.61 Å². The third-order valence-electron chi connectivity index (χ3n) is 2.39. The molecule has 0 spiro atoms. The Balaban J connectivity index is 1.86. The molecule has 1 aliphatic heterocycles. The van der Waals surface area contributed by atoms with E-state index in [0.29, 0.717) is 0 Å². The summed E-state index contributed by atoms with van der Waals surface area (Å²) in [5.74, 6) is 0.733. The molecule has 0 aromatic heterocycles. The molecule has 13 heavy (non-hydrogen) atoms. The molecule has 1 atom stereocenters. The number of hydrogen-bond acceptors (Lipinski definition) is 3. The number of rotatable bonds is 6. The molecule has 1 fully saturated rings. The number of piperidine rings is 1. The molecule has 1 N–H and O–H groups in total. The van der Waals surface area contributed by atoms with Crippen molar-refractivity contribution in [1.29, 1.82) is 0 Å². The lowest BCUT2D eigenvalue weighted by atomic mass is 10.0. The van der Waals surface area contributed by atoms with Crippen LogP contribution in [-0.2, 0) is 9.47 Å². The van der Waals surface area contributed by atoms with Crippen molar-refractivity contribution in [1.82, 2.24) is 5.32 Å². The van der Waals surface area contributed by atoms with Gasteiger partial charge in [0.15, 0.2) is 0 Å². The first-order chi connectivity index (χ1) is 6.43. The summed E-state index contributed by atoms with van der Waals surface area (Å²) in [7, 11) is 1.73. The predicted molar refractivity (Wildman–Crippen MR) is 52.9 cm³/mol. The van der Waals surface area contributed by atoms with E-state index in [1.165, 1.54) is 19.4 Å². The van der Waals surface area contributed by atoms with Gasteiger partial charge in [-0.3, -0.25) is 0 Å². The average molecular weight is 187 g/mol. The summed E-state index contributed by atoms with van der Waals surface area (Å²) in [6.07, 6.45) is 3.63. The van der Waals surface area contributed by atoms with Gasteiger partial charge < -0.3 is 14.8 Å². The maximum absolute atomic E-state index is 5.56. The van der Waals surface area contributed by atoms with Crippen LogP contribution in [0.15, 0.2) is 0 Å². The fourth-order valence-electron chi connectivity index (χ4n) is 1.62. The maximum Gasteiger partial charge on any atom is 0.0506 e. The molecule has 78 valence electrons. The summed E-state index contributed by atoms with van der Waals surface area (Å²) in [6, 6.07) is 0. The van der Waals surface area contributed by atoms with Crippen LogP contribution in [0.2, 0.25) is 0 Å². The van der Waals surface area contributed by atoms with Gasteiger partial charge in [0, 0.05) is 26.9 Å². The molecular weight excluding hydrogens is 166 g/mol. The van der Waals surface area contributed by atoms with Crippen LogP contribution >= 0.6 is 0 Å². The lowest BCUT2D eigenvalue weighted by molar-refractivity contribution is 0.0719. The van der Waals surface area contributed by atoms with Crippen LogP contribution in [0.25, 0.3) is 0 Å². The molecule has 0 aliphatic carbocycles. The van der Waals surface area contributed by atoms with Crippen LogP contribution < -0.4 is 5.32 Å². The van der Waals surface area contributed by atoms with E-state index < -0.39 is 0 Å². The molecular formula is C10H21NO2. The SMILES string of the molecule is COCCCOCC1CCCNC1. The predicted octanol–water partition coefficient (Wildman–Crippen LogP) is 1.04. The molecule has 3 heteroatoms. The molecule has 0 radical (unpaired) electrons. The highest BCUT2D eigenvalue weighted by atomic mass is 16.5. The number of hydrogen-bond donors (Lipinski definition) is 1. The van der Waals surface area contributed by atoms with Crippen molar-refractivity contribution in [3.8, 4) is 0 Å². The van der Waals surface area contributed by atoms with E-state index in [9.17, 15) is 0 Å². The van der Waals surface area contributed by atoms with Crippen molar-refractivity contribution in [3.63, 3.8) is 0 Å². The Hall–Kier alpha value is -0.120. The van der Waals surface area contributed by atoms with Crippen LogP contribution in [0.1, 0.15) is 19.3 Å². The second kappa shape index (κ2) is 7.30. The van der Waals surface area contributed by atoms with E-state index in [2.05, 4.69) is 5.32 Å². The zero-order valence-electron chi connectivity index (χ0n) is 8.55. The molecule has 0 bridgehead atoms. The van der Waals surface area contributed by atoms with E-state index in [4.69, 9.17) is 9.47 Å². The van der Waals surface area contributed by atoms with Gasteiger partial charge in [0.2, 0.25) is 0 Å². The van der Waals surface area contributed by atoms with Crippen LogP contribution in [-0.4, -0.2) is 40.0 Å². The maximum atomic E-state index is 5.56. The highest BCUT2D eigenvalue weighted by Crippen LogP contribution is 2.09. The number of methoxy groups -OCH3 is 1. The first-order valence-electron chi connectivity index (χ1n) is 5.21. The van der Waals surface area contributed by atoms with E-state index in [1.54, 1.807) is 7.11 Å². The van der Waals surface area contributed by atoms with Gasteiger partial charge in [0.25, 0.3) is 0 Å². The van der Waals surface area contributed by atoms with Gasteiger partial charge in [0.1, 0.15) is 0 Å². The minimum absolute atomic E-state index is 0.733. The Morgan fingerprint density at radius 2 is 2.31 bits per heavy atom. The van der Waals surface area contributed by atoms with Crippen molar-refractivity contribution in [2.45, 2.75) is 19.3 Å². The standard InChI is InChI=1S/C10H21NO2/c1-12-6-3-7-13-9-10-4-2-5-11-8-10/h10-11H,2-9H2,1H3. The summed E-state index contributed by atoms with van der Waals surface area (Å²) in [4.78, 5) is 0. The fourth-order valence-corrected chi connectivity index (χ4v) is 1.62. The highest BCUT2D eigenvalue weighted by Gasteiger charge is 2.12. The Labute approximate surface area is 80.8 Å². The Kier molecular flexibility index (Phi) is 6.15. The van der Waals surface area contributed by atoms with Gasteiger partial charge >= 0.3 is 0 Å². The molecule has 1 rings (SSSR count). The van der Waals surface area contributed by atoms with Crippen LogP contribution in [0, 0.1) is 5.92 Å². The third-order valence-corrected chi connectivity index (χ3v) is 2.39. The van der Waals surface area contributed by atoms with E-state index in [-0.39, 0.29) is 0 Å². The zero-order valence-corrected chi connectivity index (χ0v) is 8.55. The summed E-state index contributed by atoms with van der Waals surface area (Å²) >= 11 is 0. The Bertz CT molecular complexity index is 113. The molecule has 3 nitrogen and oxygen atoms in total. The van der Waals surface area contributed by atoms with Gasteiger partial charge in [-0.2, -0.15) is 0 Å². The van der Waals surface area contributed by atoms with Gasteiger partial charge in [-0.25, -0.2) is 0 Å². The van der Waals surface area contributed by atoms with Crippen molar-refractivity contribution in [3.05, 3.63) is 0 Å². The minimum Gasteiger partial charge on any atom is -0.385 e. The molecule has 1 heterocycles. The normalized spacial score (nSPS) is 23.3. The Morgan fingerprint density at radius 3 is 3.00 bits per heavy atom. The molecule has 1 saturated heterocycles. The zero-order chi connectivity index (χ0) is 9.36. The van der Waals surface area contributed by atoms with Gasteiger partial charge in [-0.05, 0) is 31.7 Å². The lowest BCUT2D eigenvalue weighted by Gasteiger charge is -2.22. The van der Waals surface area contributed by atoms with Crippen molar-refractivity contribution >= 4 is 0 Å². The Morgan fingerprint density at radius 1 is 1.38 bits per heavy atom. The van der Waals surface area contributed by atoms with E-state index in [0.717, 1.165) is 38.7 Å². The number of nitrogens with one attached hydrogen (secondary N) is 1. The second-order valence-corrected chi connectivity index (χ2v) is 3.63. The number of ether oxygens (including phenoxy) is 2. The fraction of sp³-hybridized carbons (Fsp3) is 1.00. The molecule has 0 saturated carbocycles. The first kappa shape index (κ1) is 11.0. The van der Waals surface area contributed by atoms with Crippen LogP contribution in [0.5, 0.6) is 0 Å². The molecule has 0 amide bonds. The second-order valence-electron chi connectivity index (χ2n) is 3.63. The largest absolute Gasteiger partial charge is 0.385 e. The lowest BCUT2D eigenvalue weighted by Crippen LogP contribution is -2.32. The average Bonchev–Trinajstić information content (AvgIpc) is 2.19. The summed E-state index contributed by atoms with van der Waals surface area (Å²) in [6.45, 7) is 4.87. The first-order valence-corrected chi connectivity index (χ1v) is 5.21. The summed E-state index contributed by atoms with van der Waals surface area (Å²) in [5.41, 5.74) is 0. The van der Waals surface area contributed by atoms with Crippen molar-refractivity contribution in [2.75, 3.05) is 40.0 Å². The summed E-state index contributed by atoms with van der Waals surface area (Å²) < 4.78 is 10.5. The van der Waals surface area contributed by atoms with Gasteiger partial charge in [-0.15, -0.1) is 0 Å². The summed E-state index contributed by atoms with van der Waals surface area (Å²) in [5, 5.41) is 3.38. The van der Waals surface area contributed by atoms with Gasteiger partial charge in [-0.1, -0.05) is 0 Å². The molecule has 1 aliphatic rings. The monoisotopic (exact) mass is 187 g/mol. The van der Waals surface area contributed by atoms with E-state index >= 15 is 0 Å². The molecule has 1 unspecified atom stereocenters. The molecule has 0 aromatic rings. The van der Waals surface area contributed by atoms with Crippen LogP contribution in [0.3, 0.4) is 0 Å². The van der Waals surface area contributed by atoms with Crippen molar-refractivity contribution < 1.29 is 9.47 Å². The third kappa shape index (κ3) is 5.24. The van der Waals surface area contributed by atoms with Crippen molar-refractivity contribution in [2.24, 2.45) is 5.92 Å². The molecule has 0 aromatic carbocycles. The van der Waals surface area contributed by atoms with E-state index in [1.807, 2.05) is 0 Å². The smallest absolute Gasteiger partial charge is 0.0506 e. The highest BCUT2D eigenvalue weighted by molar-refractivity contribution is 4.67. The van der Waals surface area contributed by atoms with Crippen LogP contribution in [0.4, 0.5) is 0 Å². The quantitative estimate of drug-likeness (QED) is 0.630. The topological polar surface area (TPSA) is 30.5 Å². The minimum atomic E-state index is 0.733.